The van der Waals surface area contributed by atoms with Crippen LogP contribution in [-0.4, -0.2) is 66.2 Å². The molecule has 0 aromatic heterocycles. The Kier molecular flexibility index (Phi) is 5.19. The first-order valence-electron chi connectivity index (χ1n) is 7.47. The van der Waals surface area contributed by atoms with E-state index in [9.17, 15) is 4.79 Å². The van der Waals surface area contributed by atoms with Gasteiger partial charge < -0.3 is 15.7 Å². The summed E-state index contributed by atoms with van der Waals surface area (Å²) >= 11 is 0. The predicted molar refractivity (Wildman–Crippen MR) is 74.6 cm³/mol. The number of piperazine rings is 1. The van der Waals surface area contributed by atoms with Gasteiger partial charge in [-0.25, -0.2) is 0 Å². The summed E-state index contributed by atoms with van der Waals surface area (Å²) in [6.45, 7) is 6.44. The first-order chi connectivity index (χ1) is 9.10. The van der Waals surface area contributed by atoms with E-state index in [4.69, 9.17) is 10.8 Å². The number of aliphatic hydroxyl groups excluding tert-OH is 1. The average Bonchev–Trinajstić information content (AvgIpc) is 2.38. The summed E-state index contributed by atoms with van der Waals surface area (Å²) in [4.78, 5) is 16.7. The van der Waals surface area contributed by atoms with Crippen molar-refractivity contribution in [3.63, 3.8) is 0 Å². The SMILES string of the molecule is CC1CC(N)CC(C(=O)N2CCN(CCO)CC2)C1. The van der Waals surface area contributed by atoms with Crippen molar-refractivity contribution in [2.45, 2.75) is 32.2 Å². The van der Waals surface area contributed by atoms with Crippen molar-refractivity contribution in [3.05, 3.63) is 0 Å². The Morgan fingerprint density at radius 1 is 1.21 bits per heavy atom. The minimum Gasteiger partial charge on any atom is -0.395 e. The number of nitrogens with zero attached hydrogens (tertiary/aromatic N) is 2. The summed E-state index contributed by atoms with van der Waals surface area (Å²) in [6, 6.07) is 0.188. The van der Waals surface area contributed by atoms with Crippen LogP contribution in [0.3, 0.4) is 0 Å². The molecule has 0 aromatic carbocycles. The molecule has 2 aliphatic rings. The van der Waals surface area contributed by atoms with Gasteiger partial charge in [-0.15, -0.1) is 0 Å². The first-order valence-corrected chi connectivity index (χ1v) is 7.47. The van der Waals surface area contributed by atoms with E-state index >= 15 is 0 Å². The third-order valence-electron chi connectivity index (χ3n) is 4.43. The highest BCUT2D eigenvalue weighted by molar-refractivity contribution is 5.79. The fourth-order valence-electron chi connectivity index (χ4n) is 3.45. The summed E-state index contributed by atoms with van der Waals surface area (Å²) in [7, 11) is 0. The number of β-amino-alcohol motifs (C(OH)–C–C–N with tert-alkyl or cyclic N) is 1. The van der Waals surface area contributed by atoms with Crippen LogP contribution in [0, 0.1) is 11.8 Å². The molecule has 1 aliphatic carbocycles. The van der Waals surface area contributed by atoms with Crippen LogP contribution in [-0.2, 0) is 4.79 Å². The Balaban J connectivity index is 1.83. The van der Waals surface area contributed by atoms with Crippen LogP contribution in [0.4, 0.5) is 0 Å². The molecule has 5 heteroatoms. The topological polar surface area (TPSA) is 69.8 Å². The van der Waals surface area contributed by atoms with E-state index in [1.54, 1.807) is 0 Å². The van der Waals surface area contributed by atoms with Crippen molar-refractivity contribution >= 4 is 5.91 Å². The largest absolute Gasteiger partial charge is 0.395 e. The second kappa shape index (κ2) is 6.68. The maximum atomic E-state index is 12.5. The molecule has 19 heavy (non-hydrogen) atoms. The number of rotatable bonds is 3. The summed E-state index contributed by atoms with van der Waals surface area (Å²) in [5.41, 5.74) is 6.04. The van der Waals surface area contributed by atoms with Gasteiger partial charge in [0.05, 0.1) is 6.61 Å². The van der Waals surface area contributed by atoms with Crippen LogP contribution >= 0.6 is 0 Å². The number of aliphatic hydroxyl groups is 1. The van der Waals surface area contributed by atoms with E-state index in [0.29, 0.717) is 18.4 Å². The lowest BCUT2D eigenvalue weighted by atomic mass is 9.79. The molecular formula is C14H27N3O2. The number of amides is 1. The van der Waals surface area contributed by atoms with Crippen LogP contribution in [0.5, 0.6) is 0 Å². The summed E-state index contributed by atoms with van der Waals surface area (Å²) < 4.78 is 0. The molecule has 2 fully saturated rings. The molecule has 1 saturated carbocycles. The highest BCUT2D eigenvalue weighted by atomic mass is 16.3. The van der Waals surface area contributed by atoms with Crippen molar-refractivity contribution in [1.82, 2.24) is 9.80 Å². The summed E-state index contributed by atoms with van der Waals surface area (Å²) in [5, 5.41) is 8.92. The minimum atomic E-state index is 0.128. The van der Waals surface area contributed by atoms with Crippen LogP contribution in [0.15, 0.2) is 0 Å². The van der Waals surface area contributed by atoms with E-state index in [1.807, 2.05) is 4.90 Å². The lowest BCUT2D eigenvalue weighted by molar-refractivity contribution is -0.139. The van der Waals surface area contributed by atoms with Crippen LogP contribution in [0.25, 0.3) is 0 Å². The number of hydrogen-bond donors (Lipinski definition) is 2. The molecule has 5 nitrogen and oxygen atoms in total. The minimum absolute atomic E-state index is 0.128. The molecule has 2 rings (SSSR count). The maximum absolute atomic E-state index is 12.5. The van der Waals surface area contributed by atoms with Gasteiger partial charge in [0.25, 0.3) is 0 Å². The number of carbonyl (C=O) groups excluding carboxylic acids is 1. The van der Waals surface area contributed by atoms with Gasteiger partial charge in [-0.3, -0.25) is 9.69 Å². The lowest BCUT2D eigenvalue weighted by Gasteiger charge is -2.38. The number of hydrogen-bond acceptors (Lipinski definition) is 4. The average molecular weight is 269 g/mol. The molecule has 3 atom stereocenters. The van der Waals surface area contributed by atoms with Gasteiger partial charge >= 0.3 is 0 Å². The molecule has 0 aromatic rings. The third-order valence-corrected chi connectivity index (χ3v) is 4.43. The summed E-state index contributed by atoms with van der Waals surface area (Å²) in [6.07, 6.45) is 2.89. The van der Waals surface area contributed by atoms with Crippen LogP contribution in [0.2, 0.25) is 0 Å². The van der Waals surface area contributed by atoms with E-state index < -0.39 is 0 Å². The molecule has 1 heterocycles. The Hall–Kier alpha value is -0.650. The van der Waals surface area contributed by atoms with Gasteiger partial charge in [0.15, 0.2) is 0 Å². The fraction of sp³-hybridized carbons (Fsp3) is 0.929. The van der Waals surface area contributed by atoms with Crippen molar-refractivity contribution < 1.29 is 9.90 Å². The second-order valence-electron chi connectivity index (χ2n) is 6.16. The van der Waals surface area contributed by atoms with E-state index in [0.717, 1.165) is 45.4 Å². The smallest absolute Gasteiger partial charge is 0.225 e. The highest BCUT2D eigenvalue weighted by Gasteiger charge is 2.33. The van der Waals surface area contributed by atoms with Gasteiger partial charge in [-0.1, -0.05) is 6.92 Å². The predicted octanol–water partition coefficient (Wildman–Crippen LogP) is -0.114. The zero-order valence-electron chi connectivity index (χ0n) is 11.9. The molecule has 1 aliphatic heterocycles. The number of nitrogens with two attached hydrogens (primary N) is 1. The molecule has 0 radical (unpaired) electrons. The van der Waals surface area contributed by atoms with Crippen LogP contribution in [0.1, 0.15) is 26.2 Å². The van der Waals surface area contributed by atoms with Crippen LogP contribution < -0.4 is 5.73 Å². The van der Waals surface area contributed by atoms with E-state index in [-0.39, 0.29) is 18.6 Å². The molecule has 0 spiro atoms. The second-order valence-corrected chi connectivity index (χ2v) is 6.16. The quantitative estimate of drug-likeness (QED) is 0.750. The van der Waals surface area contributed by atoms with E-state index in [1.165, 1.54) is 0 Å². The standard InChI is InChI=1S/C14H27N3O2/c1-11-8-12(10-13(15)9-11)14(19)17-4-2-16(3-5-17)6-7-18/h11-13,18H,2-10,15H2,1H3. The monoisotopic (exact) mass is 269 g/mol. The molecule has 1 amide bonds. The molecule has 3 N–H and O–H groups in total. The van der Waals surface area contributed by atoms with Crippen molar-refractivity contribution in [1.29, 1.82) is 0 Å². The summed E-state index contributed by atoms with van der Waals surface area (Å²) in [5.74, 6) is 0.988. The fourth-order valence-corrected chi connectivity index (χ4v) is 3.45. The highest BCUT2D eigenvalue weighted by Crippen LogP contribution is 2.29. The van der Waals surface area contributed by atoms with Gasteiger partial charge in [0.2, 0.25) is 5.91 Å². The molecule has 0 bridgehead atoms. The normalized spacial score (nSPS) is 33.4. The molecule has 110 valence electrons. The zero-order valence-corrected chi connectivity index (χ0v) is 11.9. The Labute approximate surface area is 115 Å². The van der Waals surface area contributed by atoms with Gasteiger partial charge in [0, 0.05) is 44.7 Å². The third kappa shape index (κ3) is 3.91. The Bertz CT molecular complexity index is 293. The number of carbonyl (C=O) groups is 1. The van der Waals surface area contributed by atoms with Gasteiger partial charge in [0.1, 0.15) is 0 Å². The molecular weight excluding hydrogens is 242 g/mol. The van der Waals surface area contributed by atoms with Gasteiger partial charge in [-0.05, 0) is 25.2 Å². The van der Waals surface area contributed by atoms with Gasteiger partial charge in [-0.2, -0.15) is 0 Å². The molecule has 3 unspecified atom stereocenters. The molecule has 1 saturated heterocycles. The van der Waals surface area contributed by atoms with Crippen molar-refractivity contribution in [3.8, 4) is 0 Å². The van der Waals surface area contributed by atoms with Crippen molar-refractivity contribution in [2.75, 3.05) is 39.3 Å². The zero-order chi connectivity index (χ0) is 13.8. The Morgan fingerprint density at radius 3 is 2.47 bits per heavy atom. The Morgan fingerprint density at radius 2 is 1.89 bits per heavy atom. The van der Waals surface area contributed by atoms with E-state index in [2.05, 4.69) is 11.8 Å². The van der Waals surface area contributed by atoms with Crippen molar-refractivity contribution in [2.24, 2.45) is 17.6 Å². The maximum Gasteiger partial charge on any atom is 0.225 e. The first kappa shape index (κ1) is 14.8. The lowest BCUT2D eigenvalue weighted by Crippen LogP contribution is -2.52.